The highest BCUT2D eigenvalue weighted by Crippen LogP contribution is 2.33. The Morgan fingerprint density at radius 3 is 2.74 bits per heavy atom. The molecule has 12 heteroatoms. The first-order valence-electron chi connectivity index (χ1n) is 8.85. The zero-order valence-corrected chi connectivity index (χ0v) is 14.5. The molecule has 0 aromatic rings. The lowest BCUT2D eigenvalue weighted by molar-refractivity contribution is -0.327. The van der Waals surface area contributed by atoms with Crippen molar-refractivity contribution in [2.24, 2.45) is 0 Å². The second-order valence-corrected chi connectivity index (χ2v) is 6.85. The number of fused-ring (bicyclic) bond motifs is 2. The van der Waals surface area contributed by atoms with Crippen molar-refractivity contribution in [1.82, 2.24) is 20.8 Å². The van der Waals surface area contributed by atoms with E-state index in [-0.39, 0.29) is 32.0 Å². The SMILES string of the molecule is O=C(NOC[C@@H]1CCCCN1)[C@@H]1CC[C@H]2CN1C(=O)N2OC(F)(F)C(=O)O. The molecule has 3 aliphatic rings. The Morgan fingerprint density at radius 1 is 1.30 bits per heavy atom. The van der Waals surface area contributed by atoms with E-state index in [1.165, 1.54) is 0 Å². The lowest BCUT2D eigenvalue weighted by atomic mass is 10.0. The Balaban J connectivity index is 1.52. The van der Waals surface area contributed by atoms with Crippen LogP contribution in [0.5, 0.6) is 0 Å². The highest BCUT2D eigenvalue weighted by molar-refractivity contribution is 5.88. The molecule has 3 N–H and O–H groups in total. The molecule has 2 bridgehead atoms. The zero-order chi connectivity index (χ0) is 19.6. The number of rotatable bonds is 7. The molecule has 152 valence electrons. The zero-order valence-electron chi connectivity index (χ0n) is 14.5. The van der Waals surface area contributed by atoms with Crippen LogP contribution in [0.2, 0.25) is 0 Å². The van der Waals surface area contributed by atoms with Crippen LogP contribution in [-0.2, 0) is 19.3 Å². The number of carbonyl (C=O) groups excluding carboxylic acids is 2. The molecule has 0 aromatic heterocycles. The number of carbonyl (C=O) groups is 3. The van der Waals surface area contributed by atoms with E-state index in [1.807, 2.05) is 0 Å². The van der Waals surface area contributed by atoms with E-state index in [4.69, 9.17) is 9.94 Å². The van der Waals surface area contributed by atoms with Gasteiger partial charge in [0.15, 0.2) is 0 Å². The van der Waals surface area contributed by atoms with Gasteiger partial charge in [0.05, 0.1) is 12.6 Å². The van der Waals surface area contributed by atoms with E-state index in [2.05, 4.69) is 15.6 Å². The van der Waals surface area contributed by atoms with Crippen LogP contribution >= 0.6 is 0 Å². The normalized spacial score (nSPS) is 28.4. The van der Waals surface area contributed by atoms with Crippen molar-refractivity contribution in [2.75, 3.05) is 19.7 Å². The van der Waals surface area contributed by atoms with Crippen molar-refractivity contribution < 1.29 is 37.9 Å². The largest absolute Gasteiger partial charge is 0.476 e. The minimum atomic E-state index is -4.53. The molecule has 0 saturated carbocycles. The smallest absolute Gasteiger partial charge is 0.475 e. The molecule has 0 spiro atoms. The second kappa shape index (κ2) is 7.90. The first kappa shape index (κ1) is 19.7. The first-order valence-corrected chi connectivity index (χ1v) is 8.85. The maximum atomic E-state index is 13.3. The predicted octanol–water partition coefficient (Wildman–Crippen LogP) is 0.0539. The van der Waals surface area contributed by atoms with Crippen LogP contribution < -0.4 is 10.8 Å². The number of piperidine rings is 2. The van der Waals surface area contributed by atoms with Crippen LogP contribution in [0.1, 0.15) is 32.1 Å². The molecule has 0 aromatic carbocycles. The molecule has 3 rings (SSSR count). The lowest BCUT2D eigenvalue weighted by Crippen LogP contribution is -2.50. The number of urea groups is 1. The van der Waals surface area contributed by atoms with Gasteiger partial charge in [0.2, 0.25) is 0 Å². The van der Waals surface area contributed by atoms with Crippen LogP contribution in [0.3, 0.4) is 0 Å². The summed E-state index contributed by atoms with van der Waals surface area (Å²) in [5, 5.41) is 12.1. The molecule has 3 atom stereocenters. The summed E-state index contributed by atoms with van der Waals surface area (Å²) in [6, 6.07) is -2.45. The fraction of sp³-hybridized carbons (Fsp3) is 0.800. The van der Waals surface area contributed by atoms with E-state index in [0.29, 0.717) is 5.06 Å². The predicted molar refractivity (Wildman–Crippen MR) is 84.2 cm³/mol. The van der Waals surface area contributed by atoms with Crippen molar-refractivity contribution >= 4 is 17.9 Å². The average Bonchev–Trinajstić information content (AvgIpc) is 2.87. The third-order valence-electron chi connectivity index (χ3n) is 4.96. The Labute approximate surface area is 153 Å². The molecule has 3 aliphatic heterocycles. The standard InChI is InChI=1S/C15H22F2N4O6/c16-15(17,13(23)24)27-21-10-4-5-11(20(7-10)14(21)25)12(22)19-26-8-9-3-1-2-6-18-9/h9-11,18H,1-8H2,(H,19,22)(H,23,24)/t9-,10-,11-/m0/s1. The molecule has 3 heterocycles. The second-order valence-electron chi connectivity index (χ2n) is 6.85. The summed E-state index contributed by atoms with van der Waals surface area (Å²) < 4.78 is 26.6. The van der Waals surface area contributed by atoms with Crippen molar-refractivity contribution in [3.8, 4) is 0 Å². The van der Waals surface area contributed by atoms with Gasteiger partial charge < -0.3 is 15.3 Å². The molecule has 10 nitrogen and oxygen atoms in total. The number of hydrogen-bond donors (Lipinski definition) is 3. The van der Waals surface area contributed by atoms with Crippen molar-refractivity contribution in [3.63, 3.8) is 0 Å². The van der Waals surface area contributed by atoms with Crippen molar-refractivity contribution in [2.45, 2.75) is 56.3 Å². The third-order valence-corrected chi connectivity index (χ3v) is 4.96. The van der Waals surface area contributed by atoms with Gasteiger partial charge in [0, 0.05) is 12.6 Å². The molecule has 0 radical (unpaired) electrons. The van der Waals surface area contributed by atoms with E-state index in [1.54, 1.807) is 0 Å². The molecule has 0 unspecified atom stereocenters. The van der Waals surface area contributed by atoms with Crippen LogP contribution in [0.4, 0.5) is 13.6 Å². The molecular formula is C15H22F2N4O6. The molecular weight excluding hydrogens is 370 g/mol. The van der Waals surface area contributed by atoms with E-state index in [9.17, 15) is 23.2 Å². The number of amides is 3. The van der Waals surface area contributed by atoms with Crippen LogP contribution in [0.25, 0.3) is 0 Å². The molecule has 3 saturated heterocycles. The van der Waals surface area contributed by atoms with Crippen molar-refractivity contribution in [3.05, 3.63) is 0 Å². The topological polar surface area (TPSA) is 120 Å². The minimum absolute atomic E-state index is 0.00317. The molecule has 27 heavy (non-hydrogen) atoms. The number of nitrogens with one attached hydrogen (secondary N) is 2. The van der Waals surface area contributed by atoms with Gasteiger partial charge in [-0.05, 0) is 32.2 Å². The number of hydrogen-bond acceptors (Lipinski definition) is 6. The van der Waals surface area contributed by atoms with Crippen LogP contribution in [0.15, 0.2) is 0 Å². The Morgan fingerprint density at radius 2 is 2.07 bits per heavy atom. The summed E-state index contributed by atoms with van der Waals surface area (Å²) in [6.07, 6.45) is -0.954. The molecule has 0 aliphatic carbocycles. The van der Waals surface area contributed by atoms with Crippen molar-refractivity contribution in [1.29, 1.82) is 0 Å². The van der Waals surface area contributed by atoms with Gasteiger partial charge in [-0.1, -0.05) is 6.42 Å². The van der Waals surface area contributed by atoms with Gasteiger partial charge in [0.1, 0.15) is 6.04 Å². The quantitative estimate of drug-likeness (QED) is 0.524. The summed E-state index contributed by atoms with van der Waals surface area (Å²) in [6.45, 7) is 1.18. The monoisotopic (exact) mass is 392 g/mol. The summed E-state index contributed by atoms with van der Waals surface area (Å²) in [7, 11) is 0. The molecule has 3 fully saturated rings. The van der Waals surface area contributed by atoms with Gasteiger partial charge in [-0.3, -0.25) is 9.63 Å². The first-order chi connectivity index (χ1) is 12.8. The van der Waals surface area contributed by atoms with E-state index >= 15 is 0 Å². The van der Waals surface area contributed by atoms with E-state index < -0.39 is 36.1 Å². The summed E-state index contributed by atoms with van der Waals surface area (Å²) in [5.41, 5.74) is 2.31. The number of halogens is 2. The van der Waals surface area contributed by atoms with Crippen LogP contribution in [0, 0.1) is 0 Å². The number of aliphatic carboxylic acids is 1. The maximum Gasteiger partial charge on any atom is 0.476 e. The summed E-state index contributed by atoms with van der Waals surface area (Å²) in [4.78, 5) is 45.6. The maximum absolute atomic E-state index is 13.3. The minimum Gasteiger partial charge on any atom is -0.475 e. The van der Waals surface area contributed by atoms with Gasteiger partial charge in [-0.25, -0.2) is 15.1 Å². The number of carboxylic acids is 1. The summed E-state index contributed by atoms with van der Waals surface area (Å²) >= 11 is 0. The number of nitrogens with zero attached hydrogens (tertiary/aromatic N) is 2. The van der Waals surface area contributed by atoms with Gasteiger partial charge >= 0.3 is 18.1 Å². The Bertz CT molecular complexity index is 601. The average molecular weight is 392 g/mol. The highest BCUT2D eigenvalue weighted by Gasteiger charge is 2.53. The molecule has 3 amide bonds. The van der Waals surface area contributed by atoms with Gasteiger partial charge in [0.25, 0.3) is 5.91 Å². The number of carboxylic acid groups (broad SMARTS) is 1. The van der Waals surface area contributed by atoms with Crippen LogP contribution in [-0.4, -0.2) is 76.9 Å². The lowest BCUT2D eigenvalue weighted by Gasteiger charge is -2.29. The fourth-order valence-electron chi connectivity index (χ4n) is 3.53. The number of alkyl halides is 2. The van der Waals surface area contributed by atoms with Gasteiger partial charge in [-0.2, -0.15) is 18.7 Å². The highest BCUT2D eigenvalue weighted by atomic mass is 19.3. The fourth-order valence-corrected chi connectivity index (χ4v) is 3.53. The Kier molecular flexibility index (Phi) is 5.77. The summed E-state index contributed by atoms with van der Waals surface area (Å²) in [5.74, 6) is -3.05. The third kappa shape index (κ3) is 4.28. The van der Waals surface area contributed by atoms with E-state index in [0.717, 1.165) is 30.7 Å². The van der Waals surface area contributed by atoms with Gasteiger partial charge in [-0.15, -0.1) is 0 Å². The Hall–Kier alpha value is -2.05. The number of hydroxylamine groups is 3.